The van der Waals surface area contributed by atoms with Crippen molar-refractivity contribution in [1.29, 1.82) is 0 Å². The molecule has 2 rings (SSSR count). The van der Waals surface area contributed by atoms with Gasteiger partial charge in [-0.05, 0) is 30.5 Å². The zero-order valence-electron chi connectivity index (χ0n) is 7.56. The van der Waals surface area contributed by atoms with Gasteiger partial charge in [-0.1, -0.05) is 15.9 Å². The summed E-state index contributed by atoms with van der Waals surface area (Å²) in [6.45, 7) is 1.04. The van der Waals surface area contributed by atoms with Gasteiger partial charge in [0.2, 0.25) is 0 Å². The first-order chi connectivity index (χ1) is 6.33. The lowest BCUT2D eigenvalue weighted by Crippen LogP contribution is -2.13. The zero-order valence-corrected chi connectivity index (χ0v) is 9.15. The Morgan fingerprint density at radius 1 is 1.46 bits per heavy atom. The first kappa shape index (κ1) is 8.88. The molecule has 0 bridgehead atoms. The van der Waals surface area contributed by atoms with Crippen LogP contribution in [0.3, 0.4) is 0 Å². The molecule has 0 saturated heterocycles. The van der Waals surface area contributed by atoms with Crippen LogP contribution in [0, 0.1) is 0 Å². The van der Waals surface area contributed by atoms with E-state index in [-0.39, 0.29) is 0 Å². The van der Waals surface area contributed by atoms with Crippen molar-refractivity contribution >= 4 is 21.6 Å². The van der Waals surface area contributed by atoms with Crippen molar-refractivity contribution < 1.29 is 4.74 Å². The Hall–Kier alpha value is -0.700. The van der Waals surface area contributed by atoms with Crippen LogP contribution in [-0.4, -0.2) is 13.7 Å². The largest absolute Gasteiger partial charge is 0.495 e. The lowest BCUT2D eigenvalue weighted by atomic mass is 10.0. The Morgan fingerprint density at radius 2 is 2.31 bits per heavy atom. The molecule has 0 saturated carbocycles. The number of hydrogen-bond donors (Lipinski definition) is 1. The summed E-state index contributed by atoms with van der Waals surface area (Å²) in [5.41, 5.74) is 2.49. The Labute approximate surface area is 86.4 Å². The van der Waals surface area contributed by atoms with E-state index in [4.69, 9.17) is 4.74 Å². The molecule has 1 aromatic rings. The number of rotatable bonds is 1. The molecular weight excluding hydrogens is 230 g/mol. The zero-order chi connectivity index (χ0) is 9.26. The van der Waals surface area contributed by atoms with Crippen LogP contribution in [0.1, 0.15) is 12.0 Å². The van der Waals surface area contributed by atoms with Gasteiger partial charge in [0.25, 0.3) is 0 Å². The Balaban J connectivity index is 2.52. The maximum absolute atomic E-state index is 5.28. The molecule has 3 heteroatoms. The number of ether oxygens (including phenoxy) is 1. The van der Waals surface area contributed by atoms with Gasteiger partial charge in [0.1, 0.15) is 5.75 Å². The van der Waals surface area contributed by atoms with E-state index in [2.05, 4.69) is 21.2 Å². The van der Waals surface area contributed by atoms with E-state index in [0.717, 1.165) is 24.4 Å². The molecule has 13 heavy (non-hydrogen) atoms. The summed E-state index contributed by atoms with van der Waals surface area (Å²) in [5, 5.41) is 3.37. The molecule has 0 atom stereocenters. The van der Waals surface area contributed by atoms with E-state index < -0.39 is 0 Å². The lowest BCUT2D eigenvalue weighted by Gasteiger charge is -2.21. The number of halogens is 1. The summed E-state index contributed by atoms with van der Waals surface area (Å²) in [6, 6.07) is 4.03. The number of methoxy groups -OCH3 is 1. The topological polar surface area (TPSA) is 21.3 Å². The molecule has 0 spiro atoms. The molecule has 0 aliphatic carbocycles. The monoisotopic (exact) mass is 241 g/mol. The van der Waals surface area contributed by atoms with Crippen molar-refractivity contribution in [3.05, 3.63) is 22.2 Å². The van der Waals surface area contributed by atoms with Crippen LogP contribution in [0.2, 0.25) is 0 Å². The van der Waals surface area contributed by atoms with Crippen molar-refractivity contribution in [1.82, 2.24) is 0 Å². The fourth-order valence-corrected chi connectivity index (χ4v) is 2.22. The van der Waals surface area contributed by atoms with Crippen molar-refractivity contribution in [3.63, 3.8) is 0 Å². The van der Waals surface area contributed by atoms with Crippen molar-refractivity contribution in [3.8, 4) is 5.75 Å². The van der Waals surface area contributed by atoms with Gasteiger partial charge in [-0.3, -0.25) is 0 Å². The third kappa shape index (κ3) is 1.53. The molecule has 0 fully saturated rings. The summed E-state index contributed by atoms with van der Waals surface area (Å²) in [4.78, 5) is 0. The van der Waals surface area contributed by atoms with Crippen LogP contribution in [0.4, 0.5) is 5.69 Å². The minimum absolute atomic E-state index is 0.943. The smallest absolute Gasteiger partial charge is 0.142 e. The van der Waals surface area contributed by atoms with Gasteiger partial charge >= 0.3 is 0 Å². The van der Waals surface area contributed by atoms with Crippen LogP contribution >= 0.6 is 15.9 Å². The summed E-state index contributed by atoms with van der Waals surface area (Å²) >= 11 is 3.55. The van der Waals surface area contributed by atoms with E-state index in [1.54, 1.807) is 7.11 Å². The van der Waals surface area contributed by atoms with Crippen molar-refractivity contribution in [2.75, 3.05) is 19.0 Å². The van der Waals surface area contributed by atoms with E-state index >= 15 is 0 Å². The van der Waals surface area contributed by atoms with E-state index in [1.807, 2.05) is 12.1 Å². The highest BCUT2D eigenvalue weighted by molar-refractivity contribution is 9.10. The highest BCUT2D eigenvalue weighted by Crippen LogP contribution is 2.36. The fourth-order valence-electron chi connectivity index (χ4n) is 1.69. The summed E-state index contributed by atoms with van der Waals surface area (Å²) in [6.07, 6.45) is 2.32. The van der Waals surface area contributed by atoms with Gasteiger partial charge in [-0.25, -0.2) is 0 Å². The highest BCUT2D eigenvalue weighted by Gasteiger charge is 2.15. The average Bonchev–Trinajstić information content (AvgIpc) is 2.19. The third-order valence-corrected chi connectivity index (χ3v) is 3.09. The molecule has 0 aromatic heterocycles. The van der Waals surface area contributed by atoms with Gasteiger partial charge in [0.15, 0.2) is 0 Å². The van der Waals surface area contributed by atoms with Gasteiger partial charge in [-0.15, -0.1) is 0 Å². The summed E-state index contributed by atoms with van der Waals surface area (Å²) in [5.74, 6) is 0.943. The molecular formula is C10H12BrNO. The minimum atomic E-state index is 0.943. The van der Waals surface area contributed by atoms with E-state index in [0.29, 0.717) is 0 Å². The maximum atomic E-state index is 5.28. The first-order valence-corrected chi connectivity index (χ1v) is 5.21. The minimum Gasteiger partial charge on any atom is -0.495 e. The number of hydrogen-bond acceptors (Lipinski definition) is 2. The number of anilines is 1. The molecule has 70 valence electrons. The molecule has 0 unspecified atom stereocenters. The quantitative estimate of drug-likeness (QED) is 0.817. The van der Waals surface area contributed by atoms with Crippen molar-refractivity contribution in [2.24, 2.45) is 0 Å². The Kier molecular flexibility index (Phi) is 2.44. The molecule has 0 radical (unpaired) electrons. The Morgan fingerprint density at radius 3 is 3.08 bits per heavy atom. The van der Waals surface area contributed by atoms with Crippen molar-refractivity contribution in [2.45, 2.75) is 12.8 Å². The number of nitrogens with one attached hydrogen (secondary N) is 1. The lowest BCUT2D eigenvalue weighted by molar-refractivity contribution is 0.415. The fraction of sp³-hybridized carbons (Fsp3) is 0.400. The average molecular weight is 242 g/mol. The highest BCUT2D eigenvalue weighted by atomic mass is 79.9. The standard InChI is InChI=1S/C10H12BrNO/c1-13-9-5-4-8(11)7-3-2-6-12-10(7)9/h4-5,12H,2-3,6H2,1H3. The third-order valence-electron chi connectivity index (χ3n) is 2.34. The van der Waals surface area contributed by atoms with Crippen LogP contribution in [-0.2, 0) is 6.42 Å². The van der Waals surface area contributed by atoms with E-state index in [9.17, 15) is 0 Å². The van der Waals surface area contributed by atoms with Crippen LogP contribution in [0.25, 0.3) is 0 Å². The summed E-state index contributed by atoms with van der Waals surface area (Å²) in [7, 11) is 1.71. The second-order valence-electron chi connectivity index (χ2n) is 3.13. The van der Waals surface area contributed by atoms with Crippen LogP contribution in [0.15, 0.2) is 16.6 Å². The molecule has 1 N–H and O–H groups in total. The van der Waals surface area contributed by atoms with Gasteiger partial charge in [-0.2, -0.15) is 0 Å². The maximum Gasteiger partial charge on any atom is 0.142 e. The molecule has 1 heterocycles. The molecule has 1 aliphatic heterocycles. The van der Waals surface area contributed by atoms with Crippen LogP contribution < -0.4 is 10.1 Å². The normalized spacial score (nSPS) is 14.6. The van der Waals surface area contributed by atoms with E-state index in [1.165, 1.54) is 16.5 Å². The van der Waals surface area contributed by atoms with Crippen LogP contribution in [0.5, 0.6) is 5.75 Å². The Bertz CT molecular complexity index is 325. The molecule has 2 nitrogen and oxygen atoms in total. The SMILES string of the molecule is COc1ccc(Br)c2c1NCCC2. The molecule has 1 aromatic carbocycles. The number of fused-ring (bicyclic) bond motifs is 1. The second-order valence-corrected chi connectivity index (χ2v) is 3.99. The predicted molar refractivity (Wildman–Crippen MR) is 57.5 cm³/mol. The van der Waals surface area contributed by atoms with Gasteiger partial charge in [0, 0.05) is 11.0 Å². The summed E-state index contributed by atoms with van der Waals surface area (Å²) < 4.78 is 6.46. The van der Waals surface area contributed by atoms with Gasteiger partial charge in [0.05, 0.1) is 12.8 Å². The molecule has 1 aliphatic rings. The molecule has 0 amide bonds. The second kappa shape index (κ2) is 3.58. The van der Waals surface area contributed by atoms with Gasteiger partial charge < -0.3 is 10.1 Å². The number of benzene rings is 1. The first-order valence-electron chi connectivity index (χ1n) is 4.42. The predicted octanol–water partition coefficient (Wildman–Crippen LogP) is 2.82.